The van der Waals surface area contributed by atoms with Crippen molar-refractivity contribution in [3.8, 4) is 0 Å². The molecule has 0 aliphatic carbocycles. The standard InChI is InChI=1S/C20H28N2O8S/c1-13-5-6-14(18(23)21-7-8-28-2)12-22(13)31(26,27)17-10-15(19(24)29-3)9-16(11-17)20(25)30-4/h9-11,13-14H,5-8,12H2,1-4H3,(H,21,23). The maximum Gasteiger partial charge on any atom is 0.337 e. The Morgan fingerprint density at radius 3 is 2.13 bits per heavy atom. The van der Waals surface area contributed by atoms with Gasteiger partial charge in [0.1, 0.15) is 0 Å². The Kier molecular flexibility index (Phi) is 8.54. The SMILES string of the molecule is COCCNC(=O)C1CCC(C)N(S(=O)(=O)c2cc(C(=O)OC)cc(C(=O)OC)c2)C1. The Balaban J connectivity index is 2.38. The minimum atomic E-state index is -4.12. The first-order valence-electron chi connectivity index (χ1n) is 9.75. The Morgan fingerprint density at radius 2 is 1.61 bits per heavy atom. The van der Waals surface area contributed by atoms with E-state index in [-0.39, 0.29) is 34.5 Å². The molecule has 10 nitrogen and oxygen atoms in total. The van der Waals surface area contributed by atoms with E-state index in [0.29, 0.717) is 26.0 Å². The summed E-state index contributed by atoms with van der Waals surface area (Å²) in [6.45, 7) is 2.42. The molecule has 1 aromatic carbocycles. The number of ether oxygens (including phenoxy) is 3. The van der Waals surface area contributed by atoms with Crippen molar-refractivity contribution in [2.45, 2.75) is 30.7 Å². The zero-order valence-corrected chi connectivity index (χ0v) is 18.9. The molecule has 1 heterocycles. The zero-order chi connectivity index (χ0) is 23.2. The normalized spacial score (nSPS) is 19.5. The summed E-state index contributed by atoms with van der Waals surface area (Å²) in [6.07, 6.45) is 1.03. The second kappa shape index (κ2) is 10.7. The Bertz CT molecular complexity index is 897. The van der Waals surface area contributed by atoms with Gasteiger partial charge in [-0.2, -0.15) is 4.31 Å². The number of benzene rings is 1. The fourth-order valence-electron chi connectivity index (χ4n) is 3.40. The van der Waals surface area contributed by atoms with Gasteiger partial charge < -0.3 is 19.5 Å². The van der Waals surface area contributed by atoms with Crippen molar-refractivity contribution < 1.29 is 37.0 Å². The summed E-state index contributed by atoms with van der Waals surface area (Å²) in [4.78, 5) is 36.2. The van der Waals surface area contributed by atoms with Crippen LogP contribution in [0.5, 0.6) is 0 Å². The van der Waals surface area contributed by atoms with Crippen molar-refractivity contribution in [3.63, 3.8) is 0 Å². The van der Waals surface area contributed by atoms with Crippen LogP contribution in [-0.2, 0) is 29.0 Å². The van der Waals surface area contributed by atoms with Crippen molar-refractivity contribution in [1.29, 1.82) is 0 Å². The van der Waals surface area contributed by atoms with Crippen molar-refractivity contribution >= 4 is 27.9 Å². The molecule has 1 aromatic rings. The highest BCUT2D eigenvalue weighted by Crippen LogP contribution is 2.29. The quantitative estimate of drug-likeness (QED) is 0.450. The number of piperidine rings is 1. The molecular formula is C20H28N2O8S. The Morgan fingerprint density at radius 1 is 1.03 bits per heavy atom. The molecule has 1 aliphatic heterocycles. The van der Waals surface area contributed by atoms with Crippen molar-refractivity contribution in [1.82, 2.24) is 9.62 Å². The first-order chi connectivity index (χ1) is 14.6. The van der Waals surface area contributed by atoms with E-state index in [1.165, 1.54) is 17.5 Å². The number of esters is 2. The topological polar surface area (TPSA) is 128 Å². The van der Waals surface area contributed by atoms with E-state index in [4.69, 9.17) is 4.74 Å². The summed E-state index contributed by atoms with van der Waals surface area (Å²) in [7, 11) is -0.289. The minimum Gasteiger partial charge on any atom is -0.465 e. The van der Waals surface area contributed by atoms with Crippen LogP contribution in [0, 0.1) is 5.92 Å². The molecular weight excluding hydrogens is 428 g/mol. The zero-order valence-electron chi connectivity index (χ0n) is 18.0. The predicted octanol–water partition coefficient (Wildman–Crippen LogP) is 0.812. The molecule has 0 bridgehead atoms. The molecule has 2 rings (SSSR count). The van der Waals surface area contributed by atoms with E-state index in [1.807, 2.05) is 0 Å². The lowest BCUT2D eigenvalue weighted by atomic mass is 9.95. The third kappa shape index (κ3) is 5.81. The highest BCUT2D eigenvalue weighted by atomic mass is 32.2. The van der Waals surface area contributed by atoms with E-state index in [1.54, 1.807) is 6.92 Å². The minimum absolute atomic E-state index is 0.0156. The molecule has 0 saturated carbocycles. The molecule has 0 radical (unpaired) electrons. The number of sulfonamides is 1. The van der Waals surface area contributed by atoms with Crippen LogP contribution in [0.4, 0.5) is 0 Å². The highest BCUT2D eigenvalue weighted by Gasteiger charge is 2.38. The van der Waals surface area contributed by atoms with Crippen LogP contribution in [0.2, 0.25) is 0 Å². The van der Waals surface area contributed by atoms with Gasteiger partial charge in [0, 0.05) is 26.2 Å². The van der Waals surface area contributed by atoms with Crippen LogP contribution in [0.25, 0.3) is 0 Å². The average molecular weight is 457 g/mol. The molecule has 1 saturated heterocycles. The van der Waals surface area contributed by atoms with Gasteiger partial charge in [0.2, 0.25) is 15.9 Å². The van der Waals surface area contributed by atoms with Crippen molar-refractivity contribution in [2.24, 2.45) is 5.92 Å². The summed E-state index contributed by atoms with van der Waals surface area (Å²) in [5.74, 6) is -2.34. The molecule has 1 N–H and O–H groups in total. The van der Waals surface area contributed by atoms with E-state index in [2.05, 4.69) is 14.8 Å². The molecule has 11 heteroatoms. The number of hydrogen-bond acceptors (Lipinski definition) is 8. The van der Waals surface area contributed by atoms with Gasteiger partial charge >= 0.3 is 11.9 Å². The number of nitrogens with zero attached hydrogens (tertiary/aromatic N) is 1. The van der Waals surface area contributed by atoms with E-state index in [9.17, 15) is 22.8 Å². The first kappa shape index (κ1) is 24.8. The van der Waals surface area contributed by atoms with E-state index in [0.717, 1.165) is 26.4 Å². The van der Waals surface area contributed by atoms with Crippen LogP contribution in [-0.4, -0.2) is 77.6 Å². The van der Waals surface area contributed by atoms with Crippen molar-refractivity contribution in [3.05, 3.63) is 29.3 Å². The van der Waals surface area contributed by atoms with E-state index < -0.39 is 27.9 Å². The van der Waals surface area contributed by atoms with Gasteiger partial charge in [-0.25, -0.2) is 18.0 Å². The summed E-state index contributed by atoms with van der Waals surface area (Å²) < 4.78 is 42.3. The lowest BCUT2D eigenvalue weighted by Crippen LogP contribution is -2.49. The summed E-state index contributed by atoms with van der Waals surface area (Å²) in [6, 6.07) is 3.16. The van der Waals surface area contributed by atoms with Gasteiger partial charge in [0.05, 0.1) is 42.8 Å². The number of hydrogen-bond donors (Lipinski definition) is 1. The van der Waals surface area contributed by atoms with Crippen molar-refractivity contribution in [2.75, 3.05) is 41.0 Å². The maximum atomic E-state index is 13.4. The molecule has 31 heavy (non-hydrogen) atoms. The first-order valence-corrected chi connectivity index (χ1v) is 11.2. The van der Waals surface area contributed by atoms with Crippen LogP contribution >= 0.6 is 0 Å². The number of nitrogens with one attached hydrogen (secondary N) is 1. The van der Waals surface area contributed by atoms with Gasteiger partial charge in [-0.1, -0.05) is 0 Å². The largest absolute Gasteiger partial charge is 0.465 e. The Labute approximate surface area is 181 Å². The molecule has 172 valence electrons. The third-order valence-electron chi connectivity index (χ3n) is 5.16. The van der Waals surface area contributed by atoms with Gasteiger partial charge in [-0.05, 0) is 38.0 Å². The van der Waals surface area contributed by atoms with Crippen LogP contribution < -0.4 is 5.32 Å². The van der Waals surface area contributed by atoms with Gasteiger partial charge in [-0.15, -0.1) is 0 Å². The lowest BCUT2D eigenvalue weighted by molar-refractivity contribution is -0.126. The molecule has 1 aliphatic rings. The number of rotatable bonds is 8. The fraction of sp³-hybridized carbons (Fsp3) is 0.550. The molecule has 2 unspecified atom stereocenters. The monoisotopic (exact) mass is 456 g/mol. The lowest BCUT2D eigenvalue weighted by Gasteiger charge is -2.36. The second-order valence-electron chi connectivity index (χ2n) is 7.21. The van der Waals surface area contributed by atoms with Gasteiger partial charge in [-0.3, -0.25) is 4.79 Å². The number of carbonyl (C=O) groups excluding carboxylic acids is 3. The number of methoxy groups -OCH3 is 3. The fourth-order valence-corrected chi connectivity index (χ4v) is 5.18. The molecule has 2 atom stereocenters. The Hall–Kier alpha value is -2.50. The third-order valence-corrected chi connectivity index (χ3v) is 7.11. The highest BCUT2D eigenvalue weighted by molar-refractivity contribution is 7.89. The van der Waals surface area contributed by atoms with Gasteiger partial charge in [0.15, 0.2) is 0 Å². The summed E-state index contributed by atoms with van der Waals surface area (Å²) >= 11 is 0. The molecule has 0 spiro atoms. The number of amides is 1. The summed E-state index contributed by atoms with van der Waals surface area (Å²) in [5, 5.41) is 2.74. The number of carbonyl (C=O) groups is 3. The summed E-state index contributed by atoms with van der Waals surface area (Å²) in [5.41, 5.74) is -0.190. The second-order valence-corrected chi connectivity index (χ2v) is 9.10. The van der Waals surface area contributed by atoms with Gasteiger partial charge in [0.25, 0.3) is 0 Å². The van der Waals surface area contributed by atoms with Crippen LogP contribution in [0.3, 0.4) is 0 Å². The van der Waals surface area contributed by atoms with E-state index >= 15 is 0 Å². The molecule has 0 aromatic heterocycles. The molecule has 1 fully saturated rings. The average Bonchev–Trinajstić information content (AvgIpc) is 2.77. The van der Waals surface area contributed by atoms with Crippen LogP contribution in [0.1, 0.15) is 40.5 Å². The smallest absolute Gasteiger partial charge is 0.337 e. The molecule has 1 amide bonds. The maximum absolute atomic E-state index is 13.4. The predicted molar refractivity (Wildman–Crippen MR) is 110 cm³/mol. The van der Waals surface area contributed by atoms with Crippen LogP contribution in [0.15, 0.2) is 23.1 Å².